The van der Waals surface area contributed by atoms with E-state index in [-0.39, 0.29) is 6.04 Å². The van der Waals surface area contributed by atoms with Gasteiger partial charge in [-0.15, -0.1) is 0 Å². The maximum absolute atomic E-state index is 6.01. The van der Waals surface area contributed by atoms with Crippen LogP contribution in [0, 0.1) is 12.8 Å². The summed E-state index contributed by atoms with van der Waals surface area (Å²) in [4.78, 5) is 2.37. The Morgan fingerprint density at radius 2 is 2.30 bits per heavy atom. The number of hydrogen-bond donors (Lipinski definition) is 1. The average Bonchev–Trinajstić information content (AvgIpc) is 2.44. The van der Waals surface area contributed by atoms with E-state index in [1.54, 1.807) is 0 Å². The molecule has 0 amide bonds. The first kappa shape index (κ1) is 16.0. The molecule has 2 atom stereocenters. The quantitative estimate of drug-likeness (QED) is 0.894. The summed E-state index contributed by atoms with van der Waals surface area (Å²) in [6.45, 7) is 5.60. The second-order valence-corrected chi connectivity index (χ2v) is 6.64. The Hall–Kier alpha value is -0.420. The first-order chi connectivity index (χ1) is 9.61. The highest BCUT2D eigenvalue weighted by Gasteiger charge is 2.21. The van der Waals surface area contributed by atoms with Gasteiger partial charge in [0.1, 0.15) is 0 Å². The molecule has 1 aromatic rings. The largest absolute Gasteiger partial charge is 0.381 e. The molecule has 0 aliphatic carbocycles. The summed E-state index contributed by atoms with van der Waals surface area (Å²) < 4.78 is 6.73. The van der Waals surface area contributed by atoms with Crippen LogP contribution in [0.5, 0.6) is 0 Å². The molecule has 1 aromatic carbocycles. The number of hydrogen-bond acceptors (Lipinski definition) is 3. The van der Waals surface area contributed by atoms with Crippen molar-refractivity contribution in [2.45, 2.75) is 25.8 Å². The van der Waals surface area contributed by atoms with Gasteiger partial charge in [0, 0.05) is 30.2 Å². The van der Waals surface area contributed by atoms with Crippen LogP contribution in [0.3, 0.4) is 0 Å². The first-order valence-electron chi connectivity index (χ1n) is 7.36. The van der Waals surface area contributed by atoms with E-state index in [2.05, 4.69) is 53.0 Å². The van der Waals surface area contributed by atoms with Crippen molar-refractivity contribution in [3.63, 3.8) is 0 Å². The molecule has 0 saturated carbocycles. The number of likely N-dealkylation sites (N-methyl/N-ethyl adjacent to an activating group) is 1. The molecule has 3 nitrogen and oxygen atoms in total. The minimum atomic E-state index is 0.272. The molecule has 2 N–H and O–H groups in total. The van der Waals surface area contributed by atoms with Gasteiger partial charge in [0.05, 0.1) is 6.61 Å². The van der Waals surface area contributed by atoms with E-state index >= 15 is 0 Å². The Balaban J connectivity index is 2.03. The second kappa shape index (κ2) is 7.55. The molecule has 112 valence electrons. The number of nitrogens with zero attached hydrogens (tertiary/aromatic N) is 1. The van der Waals surface area contributed by atoms with Gasteiger partial charge in [-0.3, -0.25) is 4.90 Å². The van der Waals surface area contributed by atoms with Crippen molar-refractivity contribution in [3.8, 4) is 0 Å². The fourth-order valence-corrected chi connectivity index (χ4v) is 3.27. The van der Waals surface area contributed by atoms with Gasteiger partial charge in [-0.05, 0) is 49.9 Å². The summed E-state index contributed by atoms with van der Waals surface area (Å²) in [5, 5.41) is 0. The smallest absolute Gasteiger partial charge is 0.0506 e. The molecule has 0 spiro atoms. The Labute approximate surface area is 130 Å². The number of rotatable bonds is 5. The standard InChI is InChI=1S/C16H25BrN2O/c1-12-5-6-14(8-15(12)17)16(9-18)19(2)10-13-4-3-7-20-11-13/h5-6,8,13,16H,3-4,7,9-11,18H2,1-2H3. The highest BCUT2D eigenvalue weighted by molar-refractivity contribution is 9.10. The Morgan fingerprint density at radius 3 is 2.90 bits per heavy atom. The molecular formula is C16H25BrN2O. The predicted octanol–water partition coefficient (Wildman–Crippen LogP) is 3.12. The van der Waals surface area contributed by atoms with Gasteiger partial charge in [0.25, 0.3) is 0 Å². The molecule has 0 aromatic heterocycles. The van der Waals surface area contributed by atoms with Gasteiger partial charge in [0.15, 0.2) is 0 Å². The summed E-state index contributed by atoms with van der Waals surface area (Å²) in [6, 6.07) is 6.81. The van der Waals surface area contributed by atoms with Gasteiger partial charge < -0.3 is 10.5 Å². The second-order valence-electron chi connectivity index (χ2n) is 5.78. The molecule has 20 heavy (non-hydrogen) atoms. The number of ether oxygens (including phenoxy) is 1. The van der Waals surface area contributed by atoms with Crippen molar-refractivity contribution >= 4 is 15.9 Å². The SMILES string of the molecule is Cc1ccc(C(CN)N(C)CC2CCCOC2)cc1Br. The third kappa shape index (κ3) is 4.04. The predicted molar refractivity (Wildman–Crippen MR) is 86.8 cm³/mol. The van der Waals surface area contributed by atoms with Crippen LogP contribution in [0.15, 0.2) is 22.7 Å². The van der Waals surface area contributed by atoms with Crippen LogP contribution >= 0.6 is 15.9 Å². The lowest BCUT2D eigenvalue weighted by Gasteiger charge is -2.32. The number of benzene rings is 1. The van der Waals surface area contributed by atoms with Crippen molar-refractivity contribution in [1.82, 2.24) is 4.90 Å². The van der Waals surface area contributed by atoms with Crippen molar-refractivity contribution in [3.05, 3.63) is 33.8 Å². The summed E-state index contributed by atoms with van der Waals surface area (Å²) >= 11 is 3.61. The van der Waals surface area contributed by atoms with E-state index in [4.69, 9.17) is 10.5 Å². The third-order valence-electron chi connectivity index (χ3n) is 4.14. The molecule has 1 aliphatic rings. The number of nitrogens with two attached hydrogens (primary N) is 1. The van der Waals surface area contributed by atoms with Crippen molar-refractivity contribution in [1.29, 1.82) is 0 Å². The normalized spacial score (nSPS) is 21.1. The number of aryl methyl sites for hydroxylation is 1. The van der Waals surface area contributed by atoms with E-state index in [9.17, 15) is 0 Å². The summed E-state index contributed by atoms with van der Waals surface area (Å²) in [7, 11) is 2.17. The Morgan fingerprint density at radius 1 is 1.50 bits per heavy atom. The lowest BCUT2D eigenvalue weighted by molar-refractivity contribution is 0.0365. The van der Waals surface area contributed by atoms with E-state index in [0.717, 1.165) is 24.2 Å². The van der Waals surface area contributed by atoms with Crippen LogP contribution in [-0.2, 0) is 4.74 Å². The van der Waals surface area contributed by atoms with Crippen LogP contribution < -0.4 is 5.73 Å². The van der Waals surface area contributed by atoms with Gasteiger partial charge >= 0.3 is 0 Å². The van der Waals surface area contributed by atoms with Crippen molar-refractivity contribution < 1.29 is 4.74 Å². The zero-order valence-electron chi connectivity index (χ0n) is 12.4. The van der Waals surface area contributed by atoms with E-state index < -0.39 is 0 Å². The zero-order chi connectivity index (χ0) is 14.5. The van der Waals surface area contributed by atoms with Crippen LogP contribution in [-0.4, -0.2) is 38.3 Å². The lowest BCUT2D eigenvalue weighted by Crippen LogP contribution is -2.36. The maximum Gasteiger partial charge on any atom is 0.0506 e. The van der Waals surface area contributed by atoms with E-state index in [0.29, 0.717) is 12.5 Å². The van der Waals surface area contributed by atoms with E-state index in [1.807, 2.05) is 0 Å². The summed E-state index contributed by atoms with van der Waals surface area (Å²) in [5.41, 5.74) is 8.55. The summed E-state index contributed by atoms with van der Waals surface area (Å²) in [5.74, 6) is 0.636. The van der Waals surface area contributed by atoms with Crippen molar-refractivity contribution in [2.75, 3.05) is 33.4 Å². The van der Waals surface area contributed by atoms with Gasteiger partial charge in [-0.2, -0.15) is 0 Å². The van der Waals surface area contributed by atoms with Crippen LogP contribution in [0.2, 0.25) is 0 Å². The van der Waals surface area contributed by atoms with Gasteiger partial charge in [0.2, 0.25) is 0 Å². The highest BCUT2D eigenvalue weighted by Crippen LogP contribution is 2.26. The minimum Gasteiger partial charge on any atom is -0.381 e. The highest BCUT2D eigenvalue weighted by atomic mass is 79.9. The Kier molecular flexibility index (Phi) is 6.02. The first-order valence-corrected chi connectivity index (χ1v) is 8.15. The maximum atomic E-state index is 6.01. The van der Waals surface area contributed by atoms with Gasteiger partial charge in [-0.25, -0.2) is 0 Å². The summed E-state index contributed by atoms with van der Waals surface area (Å²) in [6.07, 6.45) is 2.45. The molecule has 0 radical (unpaired) electrons. The molecule has 0 bridgehead atoms. The fourth-order valence-electron chi connectivity index (χ4n) is 2.87. The molecule has 1 saturated heterocycles. The molecule has 1 fully saturated rings. The molecule has 4 heteroatoms. The topological polar surface area (TPSA) is 38.5 Å². The average molecular weight is 341 g/mol. The lowest BCUT2D eigenvalue weighted by atomic mass is 9.99. The zero-order valence-corrected chi connectivity index (χ0v) is 14.0. The van der Waals surface area contributed by atoms with Gasteiger partial charge in [-0.1, -0.05) is 28.1 Å². The molecule has 1 aliphatic heterocycles. The Bertz CT molecular complexity index is 432. The van der Waals surface area contributed by atoms with Crippen LogP contribution in [0.4, 0.5) is 0 Å². The van der Waals surface area contributed by atoms with E-state index in [1.165, 1.54) is 24.0 Å². The number of halogens is 1. The third-order valence-corrected chi connectivity index (χ3v) is 4.99. The molecule has 2 rings (SSSR count). The fraction of sp³-hybridized carbons (Fsp3) is 0.625. The monoisotopic (exact) mass is 340 g/mol. The van der Waals surface area contributed by atoms with Crippen molar-refractivity contribution in [2.24, 2.45) is 11.7 Å². The van der Waals surface area contributed by atoms with Crippen LogP contribution in [0.25, 0.3) is 0 Å². The van der Waals surface area contributed by atoms with Crippen LogP contribution in [0.1, 0.15) is 30.0 Å². The minimum absolute atomic E-state index is 0.272. The molecular weight excluding hydrogens is 316 g/mol. The molecule has 2 unspecified atom stereocenters. The molecule has 1 heterocycles.